The van der Waals surface area contributed by atoms with Crippen LogP contribution in [-0.4, -0.2) is 16.9 Å². The lowest BCUT2D eigenvalue weighted by molar-refractivity contribution is -0.157. The van der Waals surface area contributed by atoms with Crippen LogP contribution in [0.1, 0.15) is 113 Å². The molecule has 0 bridgehead atoms. The quantitative estimate of drug-likeness (QED) is 0.211. The van der Waals surface area contributed by atoms with E-state index in [1.54, 1.807) is 0 Å². The number of fused-ring (bicyclic) bond motifs is 5. The molecular formula is C31H51ClO2. The minimum absolute atomic E-state index is 0.00904. The molecule has 0 aliphatic heterocycles. The van der Waals surface area contributed by atoms with Crippen molar-refractivity contribution in [2.45, 2.75) is 124 Å². The zero-order valence-corrected chi connectivity index (χ0v) is 23.8. The Hall–Kier alpha value is -0.500. The van der Waals surface area contributed by atoms with Crippen LogP contribution in [0.3, 0.4) is 0 Å². The van der Waals surface area contributed by atoms with Gasteiger partial charge in [-0.25, -0.2) is 0 Å². The second kappa shape index (κ2) is 9.75. The Labute approximate surface area is 215 Å². The zero-order valence-electron chi connectivity index (χ0n) is 23.0. The Morgan fingerprint density at radius 3 is 2.38 bits per heavy atom. The molecule has 0 radical (unpaired) electrons. The van der Waals surface area contributed by atoms with Crippen molar-refractivity contribution in [3.05, 3.63) is 12.2 Å². The van der Waals surface area contributed by atoms with Gasteiger partial charge in [-0.3, -0.25) is 4.79 Å². The number of esters is 1. The number of halogens is 1. The zero-order chi connectivity index (χ0) is 24.9. The Bertz CT molecular complexity index is 775. The molecule has 3 heteroatoms. The van der Waals surface area contributed by atoms with Gasteiger partial charge in [-0.05, 0) is 110 Å². The molecule has 0 aromatic rings. The van der Waals surface area contributed by atoms with Crippen molar-refractivity contribution in [1.29, 1.82) is 0 Å². The summed E-state index contributed by atoms with van der Waals surface area (Å²) in [6.07, 6.45) is 17.1. The number of ether oxygens (including phenoxy) is 1. The van der Waals surface area contributed by atoms with Crippen molar-refractivity contribution in [2.24, 2.45) is 52.3 Å². The predicted molar refractivity (Wildman–Crippen MR) is 143 cm³/mol. The summed E-state index contributed by atoms with van der Waals surface area (Å²) in [6.45, 7) is 16.2. The molecule has 0 aromatic heterocycles. The molecule has 0 heterocycles. The summed E-state index contributed by atoms with van der Waals surface area (Å²) >= 11 is 7.48. The lowest BCUT2D eigenvalue weighted by atomic mass is 9.44. The standard InChI is InChI=1S/C31H51ClO2/c1-8-23(20(2)3)10-9-21(4)26-11-12-27-25-14-18-31(32)19-24(34-22(5)33)13-17-30(31,7)28(25)15-16-29(26,27)6/h9-10,20-21,23-28H,8,11-19H2,1-7H3/b10-9+/t21-,23-,24?,25+,26-,27+,28+,29-,30-,31?/m1/s1. The van der Waals surface area contributed by atoms with Gasteiger partial charge >= 0.3 is 5.97 Å². The molecule has 4 rings (SSSR count). The Kier molecular flexibility index (Phi) is 7.62. The first kappa shape index (κ1) is 26.6. The topological polar surface area (TPSA) is 26.3 Å². The van der Waals surface area contributed by atoms with Crippen molar-refractivity contribution in [3.8, 4) is 0 Å². The summed E-state index contributed by atoms with van der Waals surface area (Å²) in [5.41, 5.74) is 0.646. The summed E-state index contributed by atoms with van der Waals surface area (Å²) in [5.74, 6) is 5.16. The van der Waals surface area contributed by atoms with Gasteiger partial charge in [0.15, 0.2) is 0 Å². The second-order valence-electron chi connectivity index (χ2n) is 13.6. The molecule has 2 unspecified atom stereocenters. The third kappa shape index (κ3) is 4.41. The first-order valence-electron chi connectivity index (χ1n) is 14.5. The first-order valence-corrected chi connectivity index (χ1v) is 14.9. The molecule has 0 N–H and O–H groups in total. The molecule has 4 saturated carbocycles. The number of allylic oxidation sites excluding steroid dienone is 2. The molecular weight excluding hydrogens is 440 g/mol. The van der Waals surface area contributed by atoms with E-state index >= 15 is 0 Å². The molecule has 0 aromatic carbocycles. The SMILES string of the molecule is CC[C@H](/C=C/[C@@H](C)[C@H]1CC[C@H]2[C@@H]3CCC4(Cl)CC(OC(C)=O)CC[C@]4(C)[C@H]3CC[C@]12C)C(C)C. The van der Waals surface area contributed by atoms with E-state index in [0.717, 1.165) is 55.3 Å². The van der Waals surface area contributed by atoms with Gasteiger partial charge in [0.2, 0.25) is 0 Å². The highest BCUT2D eigenvalue weighted by molar-refractivity contribution is 6.24. The summed E-state index contributed by atoms with van der Waals surface area (Å²) in [6, 6.07) is 0. The second-order valence-corrected chi connectivity index (χ2v) is 14.3. The Morgan fingerprint density at radius 2 is 1.74 bits per heavy atom. The molecule has 10 atom stereocenters. The highest BCUT2D eigenvalue weighted by Crippen LogP contribution is 2.70. The van der Waals surface area contributed by atoms with Crippen molar-refractivity contribution < 1.29 is 9.53 Å². The fraction of sp³-hybridized carbons (Fsp3) is 0.903. The summed E-state index contributed by atoms with van der Waals surface area (Å²) in [7, 11) is 0. The van der Waals surface area contributed by atoms with Gasteiger partial charge in [-0.1, -0.05) is 53.7 Å². The van der Waals surface area contributed by atoms with Gasteiger partial charge in [0, 0.05) is 13.3 Å². The summed E-state index contributed by atoms with van der Waals surface area (Å²) in [5, 5.41) is 0. The third-order valence-electron chi connectivity index (χ3n) is 11.7. The molecule has 4 aliphatic rings. The first-order chi connectivity index (χ1) is 15.9. The summed E-state index contributed by atoms with van der Waals surface area (Å²) < 4.78 is 5.64. The van der Waals surface area contributed by atoms with Crippen LogP contribution >= 0.6 is 11.6 Å². The van der Waals surface area contributed by atoms with E-state index in [1.165, 1.54) is 45.4 Å². The number of hydrogen-bond acceptors (Lipinski definition) is 2. The van der Waals surface area contributed by atoms with Crippen molar-refractivity contribution >= 4 is 17.6 Å². The van der Waals surface area contributed by atoms with Crippen molar-refractivity contribution in [2.75, 3.05) is 0 Å². The maximum atomic E-state index is 11.6. The Balaban J connectivity index is 1.50. The van der Waals surface area contributed by atoms with Crippen LogP contribution in [0.4, 0.5) is 0 Å². The molecule has 34 heavy (non-hydrogen) atoms. The smallest absolute Gasteiger partial charge is 0.302 e. The minimum Gasteiger partial charge on any atom is -0.462 e. The number of carbonyl (C=O) groups is 1. The number of carbonyl (C=O) groups excluding carboxylic acids is 1. The van der Waals surface area contributed by atoms with Gasteiger partial charge in [0.25, 0.3) is 0 Å². The van der Waals surface area contributed by atoms with Gasteiger partial charge < -0.3 is 4.74 Å². The lowest BCUT2D eigenvalue weighted by Crippen LogP contribution is -2.60. The average molecular weight is 491 g/mol. The van der Waals surface area contributed by atoms with Crippen LogP contribution in [0.2, 0.25) is 0 Å². The maximum Gasteiger partial charge on any atom is 0.302 e. The molecule has 0 amide bonds. The number of hydrogen-bond donors (Lipinski definition) is 0. The maximum absolute atomic E-state index is 11.6. The van der Waals surface area contributed by atoms with E-state index in [2.05, 4.69) is 53.7 Å². The molecule has 4 fully saturated rings. The highest BCUT2D eigenvalue weighted by Gasteiger charge is 2.64. The van der Waals surface area contributed by atoms with E-state index < -0.39 is 0 Å². The van der Waals surface area contributed by atoms with Crippen LogP contribution in [0.15, 0.2) is 12.2 Å². The largest absolute Gasteiger partial charge is 0.462 e. The molecule has 0 spiro atoms. The molecule has 4 aliphatic carbocycles. The molecule has 2 nitrogen and oxygen atoms in total. The number of rotatable bonds is 6. The van der Waals surface area contributed by atoms with E-state index in [1.807, 2.05) is 0 Å². The van der Waals surface area contributed by atoms with Crippen LogP contribution in [0.5, 0.6) is 0 Å². The van der Waals surface area contributed by atoms with Gasteiger partial charge in [0.1, 0.15) is 6.10 Å². The molecule has 0 saturated heterocycles. The highest BCUT2D eigenvalue weighted by atomic mass is 35.5. The van der Waals surface area contributed by atoms with E-state index in [0.29, 0.717) is 17.3 Å². The Morgan fingerprint density at radius 1 is 1.00 bits per heavy atom. The van der Waals surface area contributed by atoms with Crippen LogP contribution in [0, 0.1) is 52.3 Å². The monoisotopic (exact) mass is 490 g/mol. The van der Waals surface area contributed by atoms with E-state index in [9.17, 15) is 4.79 Å². The average Bonchev–Trinajstić information content (AvgIpc) is 3.11. The lowest BCUT2D eigenvalue weighted by Gasteiger charge is -2.64. The van der Waals surface area contributed by atoms with Gasteiger partial charge in [0.05, 0.1) is 4.87 Å². The predicted octanol–water partition coefficient (Wildman–Crippen LogP) is 8.81. The van der Waals surface area contributed by atoms with Gasteiger partial charge in [-0.2, -0.15) is 0 Å². The molecule has 194 valence electrons. The van der Waals surface area contributed by atoms with E-state index in [-0.39, 0.29) is 22.4 Å². The van der Waals surface area contributed by atoms with Crippen molar-refractivity contribution in [1.82, 2.24) is 0 Å². The van der Waals surface area contributed by atoms with Crippen molar-refractivity contribution in [3.63, 3.8) is 0 Å². The van der Waals surface area contributed by atoms with Gasteiger partial charge in [-0.15, -0.1) is 11.6 Å². The fourth-order valence-electron chi connectivity index (χ4n) is 9.68. The van der Waals surface area contributed by atoms with Crippen LogP contribution < -0.4 is 0 Å². The van der Waals surface area contributed by atoms with Crippen LogP contribution in [-0.2, 0) is 9.53 Å². The van der Waals surface area contributed by atoms with E-state index in [4.69, 9.17) is 16.3 Å². The third-order valence-corrected chi connectivity index (χ3v) is 12.5. The van der Waals surface area contributed by atoms with Crippen LogP contribution in [0.25, 0.3) is 0 Å². The summed E-state index contributed by atoms with van der Waals surface area (Å²) in [4.78, 5) is 11.4. The minimum atomic E-state index is -0.208. The number of alkyl halides is 1. The normalized spacial score (nSPS) is 46.0. The fourth-order valence-corrected chi connectivity index (χ4v) is 10.2.